The summed E-state index contributed by atoms with van der Waals surface area (Å²) in [6.45, 7) is 2.04. The summed E-state index contributed by atoms with van der Waals surface area (Å²) in [7, 11) is 4.84. The second-order valence-electron chi connectivity index (χ2n) is 4.48. The van der Waals surface area contributed by atoms with Crippen molar-refractivity contribution in [2.75, 3.05) is 12.8 Å². The van der Waals surface area contributed by atoms with Gasteiger partial charge in [-0.25, -0.2) is 9.78 Å². The molecule has 8 nitrogen and oxygen atoms in total. The fourth-order valence-electron chi connectivity index (χ4n) is 2.03. The average Bonchev–Trinajstić information content (AvgIpc) is 2.80. The van der Waals surface area contributed by atoms with Crippen molar-refractivity contribution in [3.63, 3.8) is 0 Å². The fraction of sp³-hybridized carbons (Fsp3) is 0.500. The molecule has 0 aliphatic rings. The van der Waals surface area contributed by atoms with Crippen LogP contribution in [0.2, 0.25) is 0 Å². The molecule has 2 aromatic heterocycles. The number of hydrogen-bond donors (Lipinski definition) is 1. The molecule has 0 unspecified atom stereocenters. The Morgan fingerprint density at radius 1 is 1.29 bits per heavy atom. The molecule has 0 fully saturated rings. The molecule has 0 spiro atoms. The molecule has 1 N–H and O–H groups in total. The molecule has 0 aromatic carbocycles. The van der Waals surface area contributed by atoms with Gasteiger partial charge in [-0.1, -0.05) is 11.8 Å². The van der Waals surface area contributed by atoms with Crippen molar-refractivity contribution in [3.8, 4) is 0 Å². The lowest BCUT2D eigenvalue weighted by Crippen LogP contribution is -2.39. The molecule has 1 amide bonds. The quantitative estimate of drug-likeness (QED) is 0.753. The second-order valence-corrected chi connectivity index (χ2v) is 5.42. The van der Waals surface area contributed by atoms with Crippen LogP contribution in [0.5, 0.6) is 0 Å². The van der Waals surface area contributed by atoms with E-state index in [1.165, 1.54) is 16.3 Å². The average molecular weight is 311 g/mol. The number of imidazole rings is 1. The van der Waals surface area contributed by atoms with E-state index in [2.05, 4.69) is 10.3 Å². The van der Waals surface area contributed by atoms with Gasteiger partial charge in [-0.05, 0) is 6.92 Å². The molecular formula is C12H17N5O3S. The molecule has 2 heterocycles. The molecular weight excluding hydrogens is 294 g/mol. The zero-order valence-electron chi connectivity index (χ0n) is 12.3. The Kier molecular flexibility index (Phi) is 4.21. The first-order valence-electron chi connectivity index (χ1n) is 6.42. The highest BCUT2D eigenvalue weighted by atomic mass is 32.2. The highest BCUT2D eigenvalue weighted by Crippen LogP contribution is 2.19. The highest BCUT2D eigenvalue weighted by Gasteiger charge is 2.18. The number of nitrogens with one attached hydrogen (secondary N) is 1. The maximum absolute atomic E-state index is 12.4. The van der Waals surface area contributed by atoms with Gasteiger partial charge in [0, 0.05) is 27.7 Å². The Balaban J connectivity index is 2.64. The maximum atomic E-state index is 12.4. The molecule has 114 valence electrons. The van der Waals surface area contributed by atoms with Gasteiger partial charge in [0.05, 0.1) is 5.75 Å². The van der Waals surface area contributed by atoms with Gasteiger partial charge in [0.2, 0.25) is 5.91 Å². The van der Waals surface area contributed by atoms with Crippen LogP contribution in [-0.2, 0) is 25.4 Å². The van der Waals surface area contributed by atoms with Crippen LogP contribution < -0.4 is 16.6 Å². The van der Waals surface area contributed by atoms with E-state index in [0.717, 1.165) is 4.57 Å². The van der Waals surface area contributed by atoms with Crippen molar-refractivity contribution in [3.05, 3.63) is 20.8 Å². The van der Waals surface area contributed by atoms with E-state index in [4.69, 9.17) is 0 Å². The zero-order valence-corrected chi connectivity index (χ0v) is 13.2. The van der Waals surface area contributed by atoms with E-state index in [-0.39, 0.29) is 17.2 Å². The molecule has 0 radical (unpaired) electrons. The first kappa shape index (κ1) is 15.4. The molecule has 2 aromatic rings. The summed E-state index contributed by atoms with van der Waals surface area (Å²) in [5.41, 5.74) is -0.0664. The van der Waals surface area contributed by atoms with Gasteiger partial charge in [-0.15, -0.1) is 0 Å². The summed E-state index contributed by atoms with van der Waals surface area (Å²) < 4.78 is 4.14. The Hall–Kier alpha value is -2.03. The fourth-order valence-corrected chi connectivity index (χ4v) is 2.87. The third-order valence-corrected chi connectivity index (χ3v) is 4.28. The van der Waals surface area contributed by atoms with Crippen molar-refractivity contribution in [1.29, 1.82) is 0 Å². The van der Waals surface area contributed by atoms with Crippen LogP contribution in [0, 0.1) is 0 Å². The van der Waals surface area contributed by atoms with Crippen molar-refractivity contribution < 1.29 is 4.79 Å². The number of aryl methyl sites for hydroxylation is 2. The van der Waals surface area contributed by atoms with E-state index in [0.29, 0.717) is 22.9 Å². The van der Waals surface area contributed by atoms with Crippen LogP contribution >= 0.6 is 11.8 Å². The first-order valence-corrected chi connectivity index (χ1v) is 7.40. The lowest BCUT2D eigenvalue weighted by molar-refractivity contribution is -0.118. The topological polar surface area (TPSA) is 90.9 Å². The van der Waals surface area contributed by atoms with Crippen molar-refractivity contribution in [1.82, 2.24) is 24.0 Å². The van der Waals surface area contributed by atoms with Gasteiger partial charge in [-0.3, -0.25) is 18.7 Å². The monoisotopic (exact) mass is 311 g/mol. The minimum Gasteiger partial charge on any atom is -0.358 e. The number of carbonyl (C=O) groups excluding carboxylic acids is 1. The summed E-state index contributed by atoms with van der Waals surface area (Å²) in [5.74, 6) is 0.0655. The minimum atomic E-state index is -0.393. The lowest BCUT2D eigenvalue weighted by atomic mass is 10.5. The van der Waals surface area contributed by atoms with E-state index < -0.39 is 5.69 Å². The van der Waals surface area contributed by atoms with Gasteiger partial charge < -0.3 is 9.88 Å². The van der Waals surface area contributed by atoms with Crippen molar-refractivity contribution >= 4 is 28.8 Å². The van der Waals surface area contributed by atoms with Gasteiger partial charge >= 0.3 is 5.69 Å². The Morgan fingerprint density at radius 3 is 2.52 bits per heavy atom. The van der Waals surface area contributed by atoms with E-state index in [9.17, 15) is 14.4 Å². The summed E-state index contributed by atoms with van der Waals surface area (Å²) in [6.07, 6.45) is 0. The van der Waals surface area contributed by atoms with Gasteiger partial charge in [-0.2, -0.15) is 0 Å². The SMILES string of the molecule is CCn1c(=O)c2c(nc(SCC(=O)NC)n2C)n(C)c1=O. The number of thioether (sulfide) groups is 1. The number of nitrogens with zero attached hydrogens (tertiary/aromatic N) is 4. The highest BCUT2D eigenvalue weighted by molar-refractivity contribution is 7.99. The summed E-state index contributed by atoms with van der Waals surface area (Å²) in [4.78, 5) is 40.1. The molecule has 0 aliphatic carbocycles. The largest absolute Gasteiger partial charge is 0.358 e. The predicted molar refractivity (Wildman–Crippen MR) is 80.7 cm³/mol. The summed E-state index contributed by atoms with van der Waals surface area (Å²) >= 11 is 1.22. The predicted octanol–water partition coefficient (Wildman–Crippen LogP) is -0.708. The minimum absolute atomic E-state index is 0.132. The summed E-state index contributed by atoms with van der Waals surface area (Å²) in [6, 6.07) is 0. The maximum Gasteiger partial charge on any atom is 0.332 e. The van der Waals surface area contributed by atoms with Crippen molar-refractivity contribution in [2.45, 2.75) is 18.6 Å². The normalized spacial score (nSPS) is 11.0. The molecule has 0 bridgehead atoms. The third kappa shape index (κ3) is 2.48. The van der Waals surface area contributed by atoms with Crippen LogP contribution in [0.3, 0.4) is 0 Å². The van der Waals surface area contributed by atoms with Crippen LogP contribution in [-0.4, -0.2) is 37.4 Å². The van der Waals surface area contributed by atoms with Crippen molar-refractivity contribution in [2.24, 2.45) is 14.1 Å². The third-order valence-electron chi connectivity index (χ3n) is 3.25. The van der Waals surface area contributed by atoms with Gasteiger partial charge in [0.15, 0.2) is 16.3 Å². The van der Waals surface area contributed by atoms with Crippen LogP contribution in [0.4, 0.5) is 0 Å². The Bertz CT molecular complexity index is 817. The standard InChI is InChI=1S/C12H17N5O3S/c1-5-17-10(19)8-9(16(4)12(17)20)14-11(15(8)3)21-6-7(18)13-2/h5-6H2,1-4H3,(H,13,18). The number of carbonyl (C=O) groups is 1. The lowest BCUT2D eigenvalue weighted by Gasteiger charge is -2.05. The Morgan fingerprint density at radius 2 is 1.95 bits per heavy atom. The smallest absolute Gasteiger partial charge is 0.332 e. The number of hydrogen-bond acceptors (Lipinski definition) is 5. The number of aromatic nitrogens is 4. The Labute approximate surface area is 124 Å². The molecule has 21 heavy (non-hydrogen) atoms. The van der Waals surface area contributed by atoms with Crippen LogP contribution in [0.25, 0.3) is 11.2 Å². The number of rotatable bonds is 4. The molecule has 2 rings (SSSR count). The molecule has 0 saturated heterocycles. The van der Waals surface area contributed by atoms with Crippen LogP contribution in [0.15, 0.2) is 14.7 Å². The summed E-state index contributed by atoms with van der Waals surface area (Å²) in [5, 5.41) is 3.04. The first-order chi connectivity index (χ1) is 9.92. The molecule has 0 saturated carbocycles. The molecule has 0 atom stereocenters. The zero-order chi connectivity index (χ0) is 15.7. The molecule has 9 heteroatoms. The van der Waals surface area contributed by atoms with Gasteiger partial charge in [0.25, 0.3) is 5.56 Å². The van der Waals surface area contributed by atoms with E-state index >= 15 is 0 Å². The number of amides is 1. The van der Waals surface area contributed by atoms with Gasteiger partial charge in [0.1, 0.15) is 0 Å². The van der Waals surface area contributed by atoms with Crippen LogP contribution in [0.1, 0.15) is 6.92 Å². The second kappa shape index (κ2) is 5.76. The van der Waals surface area contributed by atoms with E-state index in [1.54, 1.807) is 32.6 Å². The molecule has 0 aliphatic heterocycles. The van der Waals surface area contributed by atoms with E-state index in [1.807, 2.05) is 0 Å². The number of fused-ring (bicyclic) bond motifs is 1.